The zero-order valence-electron chi connectivity index (χ0n) is 9.65. The lowest BCUT2D eigenvalue weighted by Crippen LogP contribution is -2.52. The Morgan fingerprint density at radius 2 is 1.56 bits per heavy atom. The number of hydrogen-bond acceptors (Lipinski definition) is 2. The van der Waals surface area contributed by atoms with Crippen molar-refractivity contribution in [1.82, 2.24) is 10.2 Å². The summed E-state index contributed by atoms with van der Waals surface area (Å²) < 4.78 is 0. The molecule has 2 aliphatic carbocycles. The number of nitrogens with zero attached hydrogens (tertiary/aromatic N) is 1. The Morgan fingerprint density at radius 1 is 1.06 bits per heavy atom. The van der Waals surface area contributed by atoms with Gasteiger partial charge in [0.1, 0.15) is 0 Å². The van der Waals surface area contributed by atoms with E-state index >= 15 is 0 Å². The SMILES string of the molecule is Cl.O=C(C1CNC1)N(CC1CC1)CC1CC1. The van der Waals surface area contributed by atoms with Crippen LogP contribution in [0.2, 0.25) is 0 Å². The molecule has 3 nitrogen and oxygen atoms in total. The number of carbonyl (C=O) groups excluding carboxylic acids is 1. The Kier molecular flexibility index (Phi) is 3.75. The van der Waals surface area contributed by atoms with E-state index in [0.29, 0.717) is 11.8 Å². The number of halogens is 1. The predicted octanol–water partition coefficient (Wildman–Crippen LogP) is 1.28. The van der Waals surface area contributed by atoms with Gasteiger partial charge in [0, 0.05) is 26.2 Å². The average molecular weight is 245 g/mol. The van der Waals surface area contributed by atoms with Gasteiger partial charge in [0.15, 0.2) is 0 Å². The minimum Gasteiger partial charge on any atom is -0.342 e. The second-order valence-corrected chi connectivity index (χ2v) is 5.49. The molecule has 1 amide bonds. The molecular formula is C12H21ClN2O. The molecule has 16 heavy (non-hydrogen) atoms. The first-order chi connectivity index (χ1) is 7.33. The Hall–Kier alpha value is -0.280. The van der Waals surface area contributed by atoms with Crippen LogP contribution in [0.25, 0.3) is 0 Å². The van der Waals surface area contributed by atoms with Crippen molar-refractivity contribution in [2.75, 3.05) is 26.2 Å². The van der Waals surface area contributed by atoms with Crippen LogP contribution in [0.1, 0.15) is 25.7 Å². The van der Waals surface area contributed by atoms with Crippen molar-refractivity contribution in [2.24, 2.45) is 17.8 Å². The fraction of sp³-hybridized carbons (Fsp3) is 0.917. The highest BCUT2D eigenvalue weighted by Gasteiger charge is 2.35. The number of rotatable bonds is 5. The molecule has 1 N–H and O–H groups in total. The van der Waals surface area contributed by atoms with Crippen LogP contribution in [-0.4, -0.2) is 37.0 Å². The molecule has 0 aromatic heterocycles. The van der Waals surface area contributed by atoms with Crippen LogP contribution in [0.15, 0.2) is 0 Å². The molecule has 0 aromatic rings. The molecule has 0 bridgehead atoms. The van der Waals surface area contributed by atoms with Gasteiger partial charge in [-0.05, 0) is 37.5 Å². The smallest absolute Gasteiger partial charge is 0.228 e. The lowest BCUT2D eigenvalue weighted by molar-refractivity contribution is -0.137. The summed E-state index contributed by atoms with van der Waals surface area (Å²) in [6.07, 6.45) is 5.38. The van der Waals surface area contributed by atoms with E-state index in [0.717, 1.165) is 38.0 Å². The van der Waals surface area contributed by atoms with Crippen molar-refractivity contribution in [2.45, 2.75) is 25.7 Å². The van der Waals surface area contributed by atoms with Gasteiger partial charge in [-0.25, -0.2) is 0 Å². The summed E-state index contributed by atoms with van der Waals surface area (Å²) in [7, 11) is 0. The second kappa shape index (κ2) is 4.92. The van der Waals surface area contributed by atoms with E-state index in [2.05, 4.69) is 10.2 Å². The molecule has 0 spiro atoms. The molecule has 0 radical (unpaired) electrons. The van der Waals surface area contributed by atoms with Crippen molar-refractivity contribution < 1.29 is 4.79 Å². The summed E-state index contributed by atoms with van der Waals surface area (Å²) in [6, 6.07) is 0. The average Bonchev–Trinajstić information content (AvgIpc) is 2.92. The molecule has 3 fully saturated rings. The van der Waals surface area contributed by atoms with Gasteiger partial charge in [-0.3, -0.25) is 4.79 Å². The summed E-state index contributed by atoms with van der Waals surface area (Å²) in [5.74, 6) is 2.39. The highest BCUT2D eigenvalue weighted by atomic mass is 35.5. The Balaban J connectivity index is 0.000000963. The van der Waals surface area contributed by atoms with Crippen LogP contribution in [-0.2, 0) is 4.79 Å². The number of nitrogens with one attached hydrogen (secondary N) is 1. The Morgan fingerprint density at radius 3 is 1.88 bits per heavy atom. The largest absolute Gasteiger partial charge is 0.342 e. The van der Waals surface area contributed by atoms with Gasteiger partial charge in [-0.2, -0.15) is 0 Å². The molecule has 3 aliphatic rings. The van der Waals surface area contributed by atoms with Crippen molar-refractivity contribution in [3.63, 3.8) is 0 Å². The first-order valence-corrected chi connectivity index (χ1v) is 6.32. The third kappa shape index (κ3) is 2.89. The molecule has 1 aliphatic heterocycles. The normalized spacial score (nSPS) is 24.5. The maximum absolute atomic E-state index is 12.1. The molecule has 4 heteroatoms. The monoisotopic (exact) mass is 244 g/mol. The maximum atomic E-state index is 12.1. The van der Waals surface area contributed by atoms with Crippen LogP contribution in [0.3, 0.4) is 0 Å². The highest BCUT2D eigenvalue weighted by molar-refractivity contribution is 5.85. The van der Waals surface area contributed by atoms with Crippen LogP contribution >= 0.6 is 12.4 Å². The number of carbonyl (C=O) groups is 1. The van der Waals surface area contributed by atoms with Crippen molar-refractivity contribution in [3.8, 4) is 0 Å². The van der Waals surface area contributed by atoms with Crippen molar-refractivity contribution >= 4 is 18.3 Å². The zero-order valence-corrected chi connectivity index (χ0v) is 10.5. The fourth-order valence-corrected chi connectivity index (χ4v) is 2.20. The summed E-state index contributed by atoms with van der Waals surface area (Å²) in [5, 5.41) is 3.19. The summed E-state index contributed by atoms with van der Waals surface area (Å²) >= 11 is 0. The van der Waals surface area contributed by atoms with Gasteiger partial charge >= 0.3 is 0 Å². The lowest BCUT2D eigenvalue weighted by atomic mass is 10.0. The van der Waals surface area contributed by atoms with Gasteiger partial charge < -0.3 is 10.2 Å². The van der Waals surface area contributed by atoms with Gasteiger partial charge in [-0.15, -0.1) is 12.4 Å². The molecule has 92 valence electrons. The van der Waals surface area contributed by atoms with Crippen LogP contribution in [0.5, 0.6) is 0 Å². The summed E-state index contributed by atoms with van der Waals surface area (Å²) in [5.41, 5.74) is 0. The minimum atomic E-state index is 0. The molecular weight excluding hydrogens is 224 g/mol. The van der Waals surface area contributed by atoms with E-state index in [1.54, 1.807) is 0 Å². The van der Waals surface area contributed by atoms with Crippen LogP contribution < -0.4 is 5.32 Å². The predicted molar refractivity (Wildman–Crippen MR) is 65.6 cm³/mol. The Bertz CT molecular complexity index is 246. The minimum absolute atomic E-state index is 0. The second-order valence-electron chi connectivity index (χ2n) is 5.49. The molecule has 1 saturated heterocycles. The molecule has 0 aromatic carbocycles. The summed E-state index contributed by atoms with van der Waals surface area (Å²) in [6.45, 7) is 3.91. The quantitative estimate of drug-likeness (QED) is 0.790. The first kappa shape index (κ1) is 12.2. The molecule has 0 unspecified atom stereocenters. The maximum Gasteiger partial charge on any atom is 0.228 e. The third-order valence-electron chi connectivity index (χ3n) is 3.79. The zero-order chi connectivity index (χ0) is 10.3. The fourth-order valence-electron chi connectivity index (χ4n) is 2.20. The van der Waals surface area contributed by atoms with Crippen LogP contribution in [0.4, 0.5) is 0 Å². The van der Waals surface area contributed by atoms with E-state index in [-0.39, 0.29) is 12.4 Å². The van der Waals surface area contributed by atoms with E-state index in [9.17, 15) is 4.79 Å². The van der Waals surface area contributed by atoms with Gasteiger partial charge in [0.05, 0.1) is 5.92 Å². The lowest BCUT2D eigenvalue weighted by Gasteiger charge is -2.32. The van der Waals surface area contributed by atoms with E-state index in [4.69, 9.17) is 0 Å². The third-order valence-corrected chi connectivity index (χ3v) is 3.79. The molecule has 3 rings (SSSR count). The summed E-state index contributed by atoms with van der Waals surface area (Å²) in [4.78, 5) is 14.3. The molecule has 0 atom stereocenters. The van der Waals surface area contributed by atoms with E-state index in [1.807, 2.05) is 0 Å². The topological polar surface area (TPSA) is 32.3 Å². The van der Waals surface area contributed by atoms with E-state index in [1.165, 1.54) is 25.7 Å². The molecule has 2 saturated carbocycles. The van der Waals surface area contributed by atoms with Crippen molar-refractivity contribution in [3.05, 3.63) is 0 Å². The van der Waals surface area contributed by atoms with Gasteiger partial charge in [0.2, 0.25) is 5.91 Å². The Labute approximate surface area is 103 Å². The van der Waals surface area contributed by atoms with E-state index < -0.39 is 0 Å². The first-order valence-electron chi connectivity index (χ1n) is 6.32. The van der Waals surface area contributed by atoms with Gasteiger partial charge in [0.25, 0.3) is 0 Å². The molecule has 1 heterocycles. The van der Waals surface area contributed by atoms with Gasteiger partial charge in [-0.1, -0.05) is 0 Å². The standard InChI is InChI=1S/C12H20N2O.ClH/c15-12(11-5-13-6-11)14(7-9-1-2-9)8-10-3-4-10;/h9-11,13H,1-8H2;1H. The van der Waals surface area contributed by atoms with Crippen molar-refractivity contribution in [1.29, 1.82) is 0 Å². The number of hydrogen-bond donors (Lipinski definition) is 1. The number of amides is 1. The van der Waals surface area contributed by atoms with Crippen LogP contribution in [0, 0.1) is 17.8 Å². The highest BCUT2D eigenvalue weighted by Crippen LogP contribution is 2.34.